The summed E-state index contributed by atoms with van der Waals surface area (Å²) in [6.45, 7) is 1.92. The molecule has 1 aliphatic rings. The molecular formula is C18H15ClF3N7O. The predicted octanol–water partition coefficient (Wildman–Crippen LogP) is 3.56. The summed E-state index contributed by atoms with van der Waals surface area (Å²) in [5, 5.41) is 6.43. The smallest absolute Gasteiger partial charge is 0.328 e. The molecule has 0 bridgehead atoms. The molecule has 12 heteroatoms. The zero-order valence-electron chi connectivity index (χ0n) is 15.6. The lowest BCUT2D eigenvalue weighted by Crippen LogP contribution is -2.41. The van der Waals surface area contributed by atoms with Gasteiger partial charge >= 0.3 is 12.2 Å². The molecule has 0 aliphatic carbocycles. The fraction of sp³-hybridized carbons (Fsp3) is 0.278. The number of carbonyl (C=O) groups is 1. The molecule has 156 valence electrons. The fourth-order valence-electron chi connectivity index (χ4n) is 3.26. The number of halogens is 4. The van der Waals surface area contributed by atoms with Crippen LogP contribution >= 0.6 is 11.6 Å². The maximum Gasteiger partial charge on any atom is 0.417 e. The van der Waals surface area contributed by atoms with E-state index in [1.54, 1.807) is 25.4 Å². The van der Waals surface area contributed by atoms with Crippen molar-refractivity contribution in [1.29, 1.82) is 0 Å². The fourth-order valence-corrected chi connectivity index (χ4v) is 3.56. The van der Waals surface area contributed by atoms with Gasteiger partial charge in [-0.2, -0.15) is 23.0 Å². The van der Waals surface area contributed by atoms with Crippen LogP contribution in [0.3, 0.4) is 0 Å². The number of aromatic nitrogens is 5. The van der Waals surface area contributed by atoms with Crippen molar-refractivity contribution in [3.05, 3.63) is 58.9 Å². The van der Waals surface area contributed by atoms with Crippen molar-refractivity contribution in [3.8, 4) is 5.95 Å². The highest BCUT2D eigenvalue weighted by Gasteiger charge is 2.36. The lowest BCUT2D eigenvalue weighted by molar-refractivity contribution is -0.137. The van der Waals surface area contributed by atoms with Crippen molar-refractivity contribution in [1.82, 2.24) is 30.0 Å². The van der Waals surface area contributed by atoms with Gasteiger partial charge in [-0.05, 0) is 37.1 Å². The molecule has 1 aliphatic heterocycles. The van der Waals surface area contributed by atoms with Gasteiger partial charge in [0.05, 0.1) is 16.6 Å². The van der Waals surface area contributed by atoms with Crippen LogP contribution < -0.4 is 10.2 Å². The van der Waals surface area contributed by atoms with Crippen LogP contribution in [-0.2, 0) is 12.6 Å². The van der Waals surface area contributed by atoms with Gasteiger partial charge in [0.15, 0.2) is 5.82 Å². The number of nitrogens with zero attached hydrogens (tertiary/aromatic N) is 6. The monoisotopic (exact) mass is 437 g/mol. The highest BCUT2D eigenvalue weighted by molar-refractivity contribution is 6.31. The number of hydrogen-bond donors (Lipinski definition) is 1. The van der Waals surface area contributed by atoms with Gasteiger partial charge in [0, 0.05) is 24.6 Å². The van der Waals surface area contributed by atoms with Crippen LogP contribution in [0.1, 0.15) is 29.9 Å². The first-order valence-electron chi connectivity index (χ1n) is 8.90. The zero-order chi connectivity index (χ0) is 21.5. The Kier molecular flexibility index (Phi) is 5.06. The van der Waals surface area contributed by atoms with Crippen molar-refractivity contribution in [2.45, 2.75) is 25.6 Å². The molecule has 2 aromatic heterocycles. The minimum Gasteiger partial charge on any atom is -0.328 e. The van der Waals surface area contributed by atoms with Gasteiger partial charge in [0.25, 0.3) is 5.95 Å². The summed E-state index contributed by atoms with van der Waals surface area (Å²) in [6.07, 6.45) is 0.180. The van der Waals surface area contributed by atoms with Crippen molar-refractivity contribution in [2.24, 2.45) is 0 Å². The largest absolute Gasteiger partial charge is 0.417 e. The maximum absolute atomic E-state index is 13.2. The van der Waals surface area contributed by atoms with Gasteiger partial charge in [0.2, 0.25) is 0 Å². The molecule has 0 saturated carbocycles. The minimum absolute atomic E-state index is 0.185. The topological polar surface area (TPSA) is 88.8 Å². The summed E-state index contributed by atoms with van der Waals surface area (Å²) in [4.78, 5) is 26.4. The summed E-state index contributed by atoms with van der Waals surface area (Å²) in [7, 11) is 0. The van der Waals surface area contributed by atoms with Gasteiger partial charge in [-0.25, -0.2) is 19.7 Å². The molecule has 4 rings (SSSR count). The summed E-state index contributed by atoms with van der Waals surface area (Å²) < 4.78 is 41.0. The van der Waals surface area contributed by atoms with Crippen LogP contribution in [0, 0.1) is 0 Å². The molecule has 8 nitrogen and oxygen atoms in total. The Morgan fingerprint density at radius 2 is 1.97 bits per heavy atom. The van der Waals surface area contributed by atoms with Crippen molar-refractivity contribution in [3.63, 3.8) is 0 Å². The van der Waals surface area contributed by atoms with Crippen LogP contribution in [0.2, 0.25) is 5.02 Å². The van der Waals surface area contributed by atoms with Crippen LogP contribution in [-0.4, -0.2) is 37.3 Å². The molecule has 1 atom stereocenters. The summed E-state index contributed by atoms with van der Waals surface area (Å²) in [5.41, 5.74) is -0.211. The van der Waals surface area contributed by atoms with Crippen molar-refractivity contribution in [2.75, 3.05) is 11.4 Å². The second-order valence-electron chi connectivity index (χ2n) is 6.61. The number of benzene rings is 1. The Hall–Kier alpha value is -3.21. The van der Waals surface area contributed by atoms with E-state index in [0.29, 0.717) is 17.8 Å². The molecule has 0 saturated heterocycles. The Labute approximate surface area is 173 Å². The van der Waals surface area contributed by atoms with Crippen LogP contribution in [0.4, 0.5) is 23.7 Å². The first-order chi connectivity index (χ1) is 14.3. The summed E-state index contributed by atoms with van der Waals surface area (Å²) >= 11 is 5.78. The molecule has 0 radical (unpaired) electrons. The van der Waals surface area contributed by atoms with E-state index in [2.05, 4.69) is 25.4 Å². The lowest BCUT2D eigenvalue weighted by Gasteiger charge is -2.22. The van der Waals surface area contributed by atoms with Crippen LogP contribution in [0.5, 0.6) is 0 Å². The number of alkyl halides is 3. The van der Waals surface area contributed by atoms with Crippen LogP contribution in [0.25, 0.3) is 5.95 Å². The number of fused-ring (bicyclic) bond motifs is 1. The lowest BCUT2D eigenvalue weighted by atomic mass is 10.1. The standard InChI is InChI=1S/C18H15ClF3N7O/c1-10(15-25-9-26-29(15)16-23-4-2-5-24-16)27-17(30)28-6-3-11-7-13(19)12(8-14(11)28)18(20,21)22/h2,4-5,7-10H,3,6H2,1H3,(H,27,30)/t10-/m0/s1. The van der Waals surface area contributed by atoms with E-state index in [1.807, 2.05) is 0 Å². The highest BCUT2D eigenvalue weighted by atomic mass is 35.5. The van der Waals surface area contributed by atoms with Gasteiger partial charge in [-0.3, -0.25) is 4.90 Å². The van der Waals surface area contributed by atoms with Gasteiger partial charge in [0.1, 0.15) is 6.33 Å². The molecule has 30 heavy (non-hydrogen) atoms. The number of rotatable bonds is 3. The molecule has 0 fully saturated rings. The van der Waals surface area contributed by atoms with Crippen molar-refractivity contribution >= 4 is 23.3 Å². The van der Waals surface area contributed by atoms with E-state index < -0.39 is 23.8 Å². The molecule has 1 N–H and O–H groups in total. The molecule has 2 amide bonds. The Bertz CT molecular complexity index is 1090. The maximum atomic E-state index is 13.2. The molecule has 1 aromatic carbocycles. The van der Waals surface area contributed by atoms with Crippen molar-refractivity contribution < 1.29 is 18.0 Å². The number of hydrogen-bond acceptors (Lipinski definition) is 5. The second-order valence-corrected chi connectivity index (χ2v) is 7.02. The Balaban J connectivity index is 1.57. The Morgan fingerprint density at radius 1 is 1.23 bits per heavy atom. The van der Waals surface area contributed by atoms with Gasteiger partial charge in [-0.1, -0.05) is 11.6 Å². The SMILES string of the molecule is C[C@H](NC(=O)N1CCc2cc(Cl)c(C(F)(F)F)cc21)c1ncnn1-c1ncccn1. The number of anilines is 1. The zero-order valence-corrected chi connectivity index (χ0v) is 16.3. The van der Waals surface area contributed by atoms with Crippen LogP contribution in [0.15, 0.2) is 36.9 Å². The predicted molar refractivity (Wildman–Crippen MR) is 101 cm³/mol. The first-order valence-corrected chi connectivity index (χ1v) is 9.28. The van der Waals surface area contributed by atoms with Gasteiger partial charge < -0.3 is 5.32 Å². The summed E-state index contributed by atoms with van der Waals surface area (Å²) in [6, 6.07) is 2.66. The normalized spacial score (nSPS) is 14.5. The highest BCUT2D eigenvalue weighted by Crippen LogP contribution is 2.40. The molecule has 3 heterocycles. The first kappa shape index (κ1) is 20.1. The average molecular weight is 438 g/mol. The molecule has 0 unspecified atom stereocenters. The second kappa shape index (κ2) is 7.56. The molecule has 0 spiro atoms. The summed E-state index contributed by atoms with van der Waals surface area (Å²) in [5.74, 6) is 0.656. The molecule has 3 aromatic rings. The van der Waals surface area contributed by atoms with E-state index in [0.717, 1.165) is 6.07 Å². The van der Waals surface area contributed by atoms with E-state index >= 15 is 0 Å². The quantitative estimate of drug-likeness (QED) is 0.676. The third-order valence-corrected chi connectivity index (χ3v) is 4.97. The van der Waals surface area contributed by atoms with E-state index in [-0.39, 0.29) is 23.2 Å². The average Bonchev–Trinajstić information content (AvgIpc) is 3.34. The van der Waals surface area contributed by atoms with Gasteiger partial charge in [-0.15, -0.1) is 0 Å². The number of carbonyl (C=O) groups excluding carboxylic acids is 1. The number of urea groups is 1. The number of amides is 2. The third-order valence-electron chi connectivity index (χ3n) is 4.66. The van der Waals surface area contributed by atoms with E-state index in [1.165, 1.54) is 22.0 Å². The van der Waals surface area contributed by atoms with E-state index in [9.17, 15) is 18.0 Å². The Morgan fingerprint density at radius 3 is 2.67 bits per heavy atom. The number of nitrogens with one attached hydrogen (secondary N) is 1. The minimum atomic E-state index is -4.61. The molecular weight excluding hydrogens is 423 g/mol. The van der Waals surface area contributed by atoms with E-state index in [4.69, 9.17) is 11.6 Å². The third kappa shape index (κ3) is 3.67.